The lowest BCUT2D eigenvalue weighted by atomic mass is 9.95. The van der Waals surface area contributed by atoms with E-state index in [1.165, 1.54) is 7.05 Å². The van der Waals surface area contributed by atoms with Crippen molar-refractivity contribution in [3.8, 4) is 0 Å². The van der Waals surface area contributed by atoms with Gasteiger partial charge in [-0.15, -0.1) is 0 Å². The smallest absolute Gasteiger partial charge is 0.407 e. The molecule has 0 bridgehead atoms. The average Bonchev–Trinajstić information content (AvgIpc) is 2.20. The average molecular weight is 233 g/mol. The molecule has 0 heterocycles. The minimum atomic E-state index is -0.632. The first-order valence-electron chi connectivity index (χ1n) is 4.91. The molecular weight excluding hydrogens is 218 g/mol. The van der Waals surface area contributed by atoms with E-state index in [0.29, 0.717) is 6.42 Å². The Labute approximate surface area is 93.9 Å². The Kier molecular flexibility index (Phi) is 4.74. The molecule has 86 valence electrons. The summed E-state index contributed by atoms with van der Waals surface area (Å²) in [7, 11) is 1.49. The highest BCUT2D eigenvalue weighted by molar-refractivity contribution is 7.96. The third-order valence-electron chi connectivity index (χ3n) is 2.36. The first kappa shape index (κ1) is 12.2. The molecule has 0 aliphatic heterocycles. The molecule has 2 atom stereocenters. The first-order valence-corrected chi connectivity index (χ1v) is 5.36. The molecule has 2 unspecified atom stereocenters. The zero-order valence-corrected chi connectivity index (χ0v) is 9.46. The SMILES string of the molecule is CNC(=O)OC1CCCCC1OC(=O)S. The molecule has 1 saturated carbocycles. The van der Waals surface area contributed by atoms with Crippen LogP contribution < -0.4 is 5.32 Å². The lowest BCUT2D eigenvalue weighted by Gasteiger charge is -2.29. The minimum absolute atomic E-state index is 0.352. The lowest BCUT2D eigenvalue weighted by molar-refractivity contribution is -0.0226. The normalized spacial score (nSPS) is 25.5. The number of hydrogen-bond donors (Lipinski definition) is 2. The van der Waals surface area contributed by atoms with Gasteiger partial charge in [0.2, 0.25) is 0 Å². The van der Waals surface area contributed by atoms with Gasteiger partial charge in [0.1, 0.15) is 12.2 Å². The molecule has 0 aromatic heterocycles. The zero-order valence-electron chi connectivity index (χ0n) is 8.56. The summed E-state index contributed by atoms with van der Waals surface area (Å²) in [5.41, 5.74) is 0. The predicted molar refractivity (Wildman–Crippen MR) is 57.1 cm³/mol. The molecule has 15 heavy (non-hydrogen) atoms. The van der Waals surface area contributed by atoms with Crippen molar-refractivity contribution in [1.29, 1.82) is 0 Å². The van der Waals surface area contributed by atoms with Gasteiger partial charge in [-0.3, -0.25) is 0 Å². The molecule has 6 heteroatoms. The second-order valence-corrected chi connectivity index (χ2v) is 3.77. The van der Waals surface area contributed by atoms with Crippen LogP contribution in [0.3, 0.4) is 0 Å². The van der Waals surface area contributed by atoms with Crippen LogP contribution in [0.4, 0.5) is 9.59 Å². The molecule has 0 radical (unpaired) electrons. The van der Waals surface area contributed by atoms with Gasteiger partial charge >= 0.3 is 11.4 Å². The van der Waals surface area contributed by atoms with E-state index in [1.807, 2.05) is 0 Å². The Hall–Kier alpha value is -0.910. The molecule has 0 aromatic carbocycles. The van der Waals surface area contributed by atoms with Crippen molar-refractivity contribution in [3.05, 3.63) is 0 Å². The van der Waals surface area contributed by atoms with E-state index in [0.717, 1.165) is 19.3 Å². The number of thiol groups is 1. The van der Waals surface area contributed by atoms with E-state index < -0.39 is 11.4 Å². The van der Waals surface area contributed by atoms with Crippen LogP contribution in [0.5, 0.6) is 0 Å². The number of carbonyl (C=O) groups excluding carboxylic acids is 2. The van der Waals surface area contributed by atoms with Crippen LogP contribution in [0.15, 0.2) is 0 Å². The molecule has 0 saturated heterocycles. The monoisotopic (exact) mass is 233 g/mol. The van der Waals surface area contributed by atoms with E-state index in [9.17, 15) is 9.59 Å². The molecule has 5 nitrogen and oxygen atoms in total. The Morgan fingerprint density at radius 3 is 2.20 bits per heavy atom. The number of alkyl carbamates (subject to hydrolysis) is 1. The van der Waals surface area contributed by atoms with Gasteiger partial charge in [0.05, 0.1) is 0 Å². The van der Waals surface area contributed by atoms with Crippen molar-refractivity contribution >= 4 is 24.0 Å². The van der Waals surface area contributed by atoms with Gasteiger partial charge in [-0.25, -0.2) is 9.59 Å². The Morgan fingerprint density at radius 1 is 1.20 bits per heavy atom. The van der Waals surface area contributed by atoms with Crippen LogP contribution in [-0.4, -0.2) is 30.7 Å². The third-order valence-corrected chi connectivity index (χ3v) is 2.46. The van der Waals surface area contributed by atoms with Crippen molar-refractivity contribution in [2.45, 2.75) is 37.9 Å². The highest BCUT2D eigenvalue weighted by Crippen LogP contribution is 2.24. The largest absolute Gasteiger partial charge is 0.450 e. The van der Waals surface area contributed by atoms with E-state index in [2.05, 4.69) is 17.9 Å². The zero-order chi connectivity index (χ0) is 11.3. The van der Waals surface area contributed by atoms with Crippen LogP contribution in [0.25, 0.3) is 0 Å². The van der Waals surface area contributed by atoms with Crippen LogP contribution in [0.2, 0.25) is 0 Å². The summed E-state index contributed by atoms with van der Waals surface area (Å²) in [5, 5.41) is 1.73. The van der Waals surface area contributed by atoms with E-state index >= 15 is 0 Å². The predicted octanol–water partition coefficient (Wildman–Crippen LogP) is 1.72. The second kappa shape index (κ2) is 5.85. The topological polar surface area (TPSA) is 64.6 Å². The quantitative estimate of drug-likeness (QED) is 0.563. The van der Waals surface area contributed by atoms with Crippen molar-refractivity contribution in [1.82, 2.24) is 5.32 Å². The van der Waals surface area contributed by atoms with Gasteiger partial charge in [0.15, 0.2) is 0 Å². The fraction of sp³-hybridized carbons (Fsp3) is 0.778. The van der Waals surface area contributed by atoms with Crippen molar-refractivity contribution < 1.29 is 19.1 Å². The fourth-order valence-electron chi connectivity index (χ4n) is 1.66. The summed E-state index contributed by atoms with van der Waals surface area (Å²) in [5.74, 6) is 0. The first-order chi connectivity index (χ1) is 7.13. The van der Waals surface area contributed by atoms with Gasteiger partial charge in [0.25, 0.3) is 0 Å². The molecular formula is C9H15NO4S. The molecule has 1 amide bonds. The number of nitrogens with one attached hydrogen (secondary N) is 1. The summed E-state index contributed by atoms with van der Waals surface area (Å²) in [6, 6.07) is 0. The maximum absolute atomic E-state index is 11.0. The molecule has 0 aromatic rings. The number of amides is 1. The third kappa shape index (κ3) is 3.99. The Balaban J connectivity index is 2.49. The summed E-state index contributed by atoms with van der Waals surface area (Å²) < 4.78 is 10.1. The molecule has 1 fully saturated rings. The van der Waals surface area contributed by atoms with Crippen LogP contribution >= 0.6 is 12.6 Å². The van der Waals surface area contributed by atoms with E-state index in [-0.39, 0.29) is 12.2 Å². The molecule has 1 N–H and O–H groups in total. The van der Waals surface area contributed by atoms with Crippen molar-refractivity contribution in [2.24, 2.45) is 0 Å². The minimum Gasteiger partial charge on any atom is -0.450 e. The summed E-state index contributed by atoms with van der Waals surface area (Å²) >= 11 is 3.55. The van der Waals surface area contributed by atoms with Gasteiger partial charge in [0, 0.05) is 7.05 Å². The fourth-order valence-corrected chi connectivity index (χ4v) is 1.79. The highest BCUT2D eigenvalue weighted by atomic mass is 32.1. The van der Waals surface area contributed by atoms with Crippen molar-refractivity contribution in [2.75, 3.05) is 7.05 Å². The van der Waals surface area contributed by atoms with Gasteiger partial charge < -0.3 is 14.8 Å². The van der Waals surface area contributed by atoms with Gasteiger partial charge in [-0.2, -0.15) is 0 Å². The van der Waals surface area contributed by atoms with Crippen LogP contribution in [0, 0.1) is 0 Å². The maximum Gasteiger partial charge on any atom is 0.407 e. The Bertz CT molecular complexity index is 246. The Morgan fingerprint density at radius 2 is 1.73 bits per heavy atom. The number of hydrogen-bond acceptors (Lipinski definition) is 4. The van der Waals surface area contributed by atoms with Crippen LogP contribution in [-0.2, 0) is 9.47 Å². The standard InChI is InChI=1S/C9H15NO4S/c1-10-8(11)13-6-4-2-3-5-7(6)14-9(12)15/h6-7H,2-5H2,1H3,(H,10,11)(H,12,15). The van der Waals surface area contributed by atoms with Gasteiger partial charge in [-0.1, -0.05) is 12.6 Å². The van der Waals surface area contributed by atoms with E-state index in [1.54, 1.807) is 0 Å². The molecule has 1 aliphatic rings. The molecule has 0 spiro atoms. The summed E-state index contributed by atoms with van der Waals surface area (Å²) in [6.45, 7) is 0. The van der Waals surface area contributed by atoms with Gasteiger partial charge in [-0.05, 0) is 25.7 Å². The van der Waals surface area contributed by atoms with Crippen LogP contribution in [0.1, 0.15) is 25.7 Å². The van der Waals surface area contributed by atoms with Crippen molar-refractivity contribution in [3.63, 3.8) is 0 Å². The summed E-state index contributed by atoms with van der Waals surface area (Å²) in [4.78, 5) is 21.7. The molecule has 1 rings (SSSR count). The highest BCUT2D eigenvalue weighted by Gasteiger charge is 2.30. The number of carbonyl (C=O) groups is 2. The number of rotatable bonds is 2. The summed E-state index contributed by atoms with van der Waals surface area (Å²) in [6.07, 6.45) is 2.17. The maximum atomic E-state index is 11.0. The second-order valence-electron chi connectivity index (χ2n) is 3.40. The number of ether oxygens (including phenoxy) is 2. The lowest BCUT2D eigenvalue weighted by Crippen LogP contribution is -2.39. The van der Waals surface area contributed by atoms with E-state index in [4.69, 9.17) is 9.47 Å². The molecule has 1 aliphatic carbocycles.